The number of nitriles is 1. The molecule has 0 saturated carbocycles. The number of aromatic nitrogens is 4. The summed E-state index contributed by atoms with van der Waals surface area (Å²) >= 11 is 0. The van der Waals surface area contributed by atoms with Crippen LogP contribution in [0.1, 0.15) is 36.6 Å². The molecule has 6 nitrogen and oxygen atoms in total. The lowest BCUT2D eigenvalue weighted by molar-refractivity contribution is -0.117. The third-order valence-corrected chi connectivity index (χ3v) is 3.39. The lowest BCUT2D eigenvalue weighted by Crippen LogP contribution is -2.24. The Kier molecular flexibility index (Phi) is 2.60. The summed E-state index contributed by atoms with van der Waals surface area (Å²) in [7, 11) is 0. The molecule has 0 saturated heterocycles. The van der Waals surface area contributed by atoms with Crippen molar-refractivity contribution in [2.75, 3.05) is 0 Å². The maximum absolute atomic E-state index is 11.5. The molecule has 0 radical (unpaired) electrons. The molecule has 0 fully saturated rings. The van der Waals surface area contributed by atoms with Crippen molar-refractivity contribution in [1.29, 1.82) is 5.26 Å². The number of para-hydroxylation sites is 1. The van der Waals surface area contributed by atoms with Gasteiger partial charge in [0.25, 0.3) is 0 Å². The molecule has 2 atom stereocenters. The standard InChI is InChI=1S/C13H11N5O/c1-8(19)6-10-9-4-2-3-5-12(9)18-13(11(10)7-14)15-16-17-18/h2-5,10-11H,6H2,1H3/t10-,11+/m1/s1. The van der Waals surface area contributed by atoms with E-state index in [4.69, 9.17) is 0 Å². The molecule has 6 heteroatoms. The van der Waals surface area contributed by atoms with E-state index in [0.29, 0.717) is 12.2 Å². The van der Waals surface area contributed by atoms with E-state index < -0.39 is 5.92 Å². The highest BCUT2D eigenvalue weighted by molar-refractivity contribution is 5.77. The third kappa shape index (κ3) is 1.71. The molecular formula is C13H11N5O. The minimum Gasteiger partial charge on any atom is -0.300 e. The van der Waals surface area contributed by atoms with Gasteiger partial charge in [0.2, 0.25) is 0 Å². The third-order valence-electron chi connectivity index (χ3n) is 3.39. The number of carbonyl (C=O) groups is 1. The highest BCUT2D eigenvalue weighted by atomic mass is 16.1. The number of fused-ring (bicyclic) bond motifs is 3. The van der Waals surface area contributed by atoms with E-state index in [1.54, 1.807) is 4.68 Å². The molecule has 0 amide bonds. The molecule has 94 valence electrons. The Bertz CT molecular complexity index is 684. The first kappa shape index (κ1) is 11.5. The van der Waals surface area contributed by atoms with Crippen LogP contribution in [0.5, 0.6) is 0 Å². The van der Waals surface area contributed by atoms with E-state index in [2.05, 4.69) is 21.6 Å². The molecule has 0 spiro atoms. The van der Waals surface area contributed by atoms with Crippen molar-refractivity contribution in [1.82, 2.24) is 20.2 Å². The largest absolute Gasteiger partial charge is 0.300 e. The smallest absolute Gasteiger partial charge is 0.174 e. The van der Waals surface area contributed by atoms with Gasteiger partial charge in [-0.3, -0.25) is 0 Å². The monoisotopic (exact) mass is 253 g/mol. The number of Topliss-reactive ketones (excluding diaryl/α,β-unsaturated/α-hetero) is 1. The van der Waals surface area contributed by atoms with Gasteiger partial charge in [0.05, 0.1) is 11.8 Å². The van der Waals surface area contributed by atoms with E-state index in [-0.39, 0.29) is 11.7 Å². The maximum Gasteiger partial charge on any atom is 0.174 e. The van der Waals surface area contributed by atoms with E-state index in [9.17, 15) is 10.1 Å². The van der Waals surface area contributed by atoms with Crippen LogP contribution in [0.25, 0.3) is 5.69 Å². The number of ketones is 1. The molecule has 0 unspecified atom stereocenters. The van der Waals surface area contributed by atoms with E-state index in [1.165, 1.54) is 6.92 Å². The molecular weight excluding hydrogens is 242 g/mol. The topological polar surface area (TPSA) is 84.5 Å². The zero-order valence-electron chi connectivity index (χ0n) is 10.3. The van der Waals surface area contributed by atoms with Crippen LogP contribution in [-0.4, -0.2) is 26.0 Å². The summed E-state index contributed by atoms with van der Waals surface area (Å²) in [5.74, 6) is -0.112. The van der Waals surface area contributed by atoms with Crippen molar-refractivity contribution in [3.05, 3.63) is 35.7 Å². The minimum atomic E-state index is -0.492. The Morgan fingerprint density at radius 2 is 2.26 bits per heavy atom. The fourth-order valence-corrected chi connectivity index (χ4v) is 2.60. The van der Waals surface area contributed by atoms with Gasteiger partial charge in [-0.05, 0) is 29.0 Å². The predicted octanol–water partition coefficient (Wildman–Crippen LogP) is 1.35. The average molecular weight is 253 g/mol. The lowest BCUT2D eigenvalue weighted by Gasteiger charge is -2.27. The highest BCUT2D eigenvalue weighted by Crippen LogP contribution is 2.41. The lowest BCUT2D eigenvalue weighted by atomic mass is 9.80. The molecule has 0 N–H and O–H groups in total. The first-order valence-corrected chi connectivity index (χ1v) is 5.99. The van der Waals surface area contributed by atoms with E-state index >= 15 is 0 Å². The average Bonchev–Trinajstić information content (AvgIpc) is 2.88. The number of tetrazole rings is 1. The van der Waals surface area contributed by atoms with Crippen LogP contribution in [0.3, 0.4) is 0 Å². The summed E-state index contributed by atoms with van der Waals surface area (Å²) in [5, 5.41) is 20.9. The Balaban J connectivity index is 2.21. The number of hydrogen-bond donors (Lipinski definition) is 0. The van der Waals surface area contributed by atoms with Gasteiger partial charge in [0.15, 0.2) is 5.82 Å². The van der Waals surface area contributed by atoms with Crippen molar-refractivity contribution in [2.45, 2.75) is 25.2 Å². The van der Waals surface area contributed by atoms with Crippen LogP contribution in [-0.2, 0) is 4.79 Å². The summed E-state index contributed by atoms with van der Waals surface area (Å²) in [5.41, 5.74) is 1.80. The molecule has 0 bridgehead atoms. The van der Waals surface area contributed by atoms with Gasteiger partial charge in [-0.15, -0.1) is 5.10 Å². The van der Waals surface area contributed by atoms with Gasteiger partial charge < -0.3 is 4.79 Å². The van der Waals surface area contributed by atoms with Crippen molar-refractivity contribution >= 4 is 5.78 Å². The van der Waals surface area contributed by atoms with Gasteiger partial charge in [-0.2, -0.15) is 9.94 Å². The molecule has 1 aliphatic rings. The summed E-state index contributed by atoms with van der Waals surface area (Å²) in [4.78, 5) is 11.5. The fourth-order valence-electron chi connectivity index (χ4n) is 2.60. The summed E-state index contributed by atoms with van der Waals surface area (Å²) in [6.07, 6.45) is 0.322. The van der Waals surface area contributed by atoms with Crippen LogP contribution in [0.15, 0.2) is 24.3 Å². The highest BCUT2D eigenvalue weighted by Gasteiger charge is 2.37. The van der Waals surface area contributed by atoms with Gasteiger partial charge in [-0.1, -0.05) is 18.2 Å². The van der Waals surface area contributed by atoms with Gasteiger partial charge in [0, 0.05) is 12.3 Å². The van der Waals surface area contributed by atoms with Crippen molar-refractivity contribution in [3.63, 3.8) is 0 Å². The number of rotatable bonds is 2. The first-order valence-electron chi connectivity index (χ1n) is 5.99. The predicted molar refractivity (Wildman–Crippen MR) is 65.5 cm³/mol. The second-order valence-electron chi connectivity index (χ2n) is 4.63. The van der Waals surface area contributed by atoms with Crippen LogP contribution in [0, 0.1) is 11.3 Å². The normalized spacial score (nSPS) is 20.2. The van der Waals surface area contributed by atoms with Gasteiger partial charge >= 0.3 is 0 Å². The SMILES string of the molecule is CC(=O)C[C@@H]1c2ccccc2-n2nnnc2[C@H]1C#N. The van der Waals surface area contributed by atoms with Crippen molar-refractivity contribution in [3.8, 4) is 11.8 Å². The van der Waals surface area contributed by atoms with Crippen LogP contribution in [0.4, 0.5) is 0 Å². The Morgan fingerprint density at radius 3 is 3.00 bits per heavy atom. The maximum atomic E-state index is 11.5. The Morgan fingerprint density at radius 1 is 1.47 bits per heavy atom. The van der Waals surface area contributed by atoms with Crippen LogP contribution < -0.4 is 0 Å². The molecule has 3 rings (SSSR count). The number of benzene rings is 1. The van der Waals surface area contributed by atoms with E-state index in [1.807, 2.05) is 24.3 Å². The number of nitrogens with zero attached hydrogens (tertiary/aromatic N) is 5. The first-order chi connectivity index (χ1) is 9.22. The Hall–Kier alpha value is -2.55. The van der Waals surface area contributed by atoms with Crippen molar-refractivity contribution < 1.29 is 4.79 Å². The number of hydrogen-bond acceptors (Lipinski definition) is 5. The molecule has 2 aromatic rings. The quantitative estimate of drug-likeness (QED) is 0.806. The molecule has 0 aliphatic carbocycles. The molecule has 19 heavy (non-hydrogen) atoms. The van der Waals surface area contributed by atoms with Gasteiger partial charge in [0.1, 0.15) is 11.7 Å². The van der Waals surface area contributed by atoms with Crippen LogP contribution >= 0.6 is 0 Å². The minimum absolute atomic E-state index is 0.0565. The molecule has 2 heterocycles. The zero-order chi connectivity index (χ0) is 13.4. The second kappa shape index (κ2) is 4.28. The molecule has 1 aliphatic heterocycles. The van der Waals surface area contributed by atoms with Gasteiger partial charge in [-0.25, -0.2) is 0 Å². The second-order valence-corrected chi connectivity index (χ2v) is 4.63. The Labute approximate surface area is 109 Å². The molecule has 1 aromatic carbocycles. The van der Waals surface area contributed by atoms with Crippen molar-refractivity contribution in [2.24, 2.45) is 0 Å². The summed E-state index contributed by atoms with van der Waals surface area (Å²) in [6, 6.07) is 9.84. The van der Waals surface area contributed by atoms with Crippen LogP contribution in [0.2, 0.25) is 0 Å². The molecule has 1 aromatic heterocycles. The fraction of sp³-hybridized carbons (Fsp3) is 0.308. The van der Waals surface area contributed by atoms with E-state index in [0.717, 1.165) is 11.3 Å². The summed E-state index contributed by atoms with van der Waals surface area (Å²) < 4.78 is 1.58. The summed E-state index contributed by atoms with van der Waals surface area (Å²) in [6.45, 7) is 1.54. The number of carbonyl (C=O) groups excluding carboxylic acids is 1. The zero-order valence-corrected chi connectivity index (χ0v) is 10.3.